The van der Waals surface area contributed by atoms with Gasteiger partial charge in [-0.05, 0) is 55.1 Å². The number of rotatable bonds is 6. The van der Waals surface area contributed by atoms with Crippen molar-refractivity contribution in [2.24, 2.45) is 0 Å². The molecule has 2 aromatic rings. The van der Waals surface area contributed by atoms with E-state index in [0.29, 0.717) is 11.1 Å². The Hall–Kier alpha value is -2.18. The highest BCUT2D eigenvalue weighted by atomic mass is 79.9. The summed E-state index contributed by atoms with van der Waals surface area (Å²) in [7, 11) is 0. The first kappa shape index (κ1) is 19.1. The highest BCUT2D eigenvalue weighted by Crippen LogP contribution is 2.10. The number of carbonyl (C=O) groups excluding carboxylic acids is 2. The van der Waals surface area contributed by atoms with Crippen LogP contribution in [-0.2, 0) is 6.54 Å². The van der Waals surface area contributed by atoms with Gasteiger partial charge in [0.25, 0.3) is 11.8 Å². The first-order chi connectivity index (χ1) is 12.0. The summed E-state index contributed by atoms with van der Waals surface area (Å²) >= 11 is 3.31. The fourth-order valence-electron chi connectivity index (χ4n) is 2.33. The molecule has 0 saturated carbocycles. The lowest BCUT2D eigenvalue weighted by atomic mass is 10.1. The number of halogens is 1. The summed E-state index contributed by atoms with van der Waals surface area (Å²) in [6, 6.07) is 14.3. The van der Waals surface area contributed by atoms with Gasteiger partial charge in [-0.3, -0.25) is 25.3 Å². The minimum absolute atomic E-state index is 0.347. The Morgan fingerprint density at radius 3 is 1.72 bits per heavy atom. The average Bonchev–Trinajstić information content (AvgIpc) is 2.65. The molecule has 0 aliphatic carbocycles. The summed E-state index contributed by atoms with van der Waals surface area (Å²) in [5.74, 6) is -0.709. The van der Waals surface area contributed by atoms with E-state index in [4.69, 9.17) is 0 Å². The standard InChI is InChI=1S/C19H22BrN3O2/c1-3-23(4-2)13-14-5-7-15(8-6-14)18(24)21-22-19(25)16-9-11-17(20)12-10-16/h5-12H,3-4,13H2,1-2H3,(H,21,24)(H,22,25). The van der Waals surface area contributed by atoms with Crippen LogP contribution in [0.4, 0.5) is 0 Å². The summed E-state index contributed by atoms with van der Waals surface area (Å²) in [6.45, 7) is 7.08. The predicted octanol–water partition coefficient (Wildman–Crippen LogP) is 3.37. The molecule has 0 atom stereocenters. The molecular formula is C19H22BrN3O2. The molecule has 0 heterocycles. The molecule has 0 bridgehead atoms. The van der Waals surface area contributed by atoms with E-state index < -0.39 is 0 Å². The Morgan fingerprint density at radius 1 is 0.840 bits per heavy atom. The monoisotopic (exact) mass is 403 g/mol. The maximum Gasteiger partial charge on any atom is 0.269 e. The van der Waals surface area contributed by atoms with Gasteiger partial charge in [0.15, 0.2) is 0 Å². The van der Waals surface area contributed by atoms with E-state index in [-0.39, 0.29) is 11.8 Å². The number of hydrogen-bond acceptors (Lipinski definition) is 3. The number of nitrogens with zero attached hydrogens (tertiary/aromatic N) is 1. The lowest BCUT2D eigenvalue weighted by Gasteiger charge is -2.18. The van der Waals surface area contributed by atoms with Crippen molar-refractivity contribution in [1.29, 1.82) is 0 Å². The zero-order valence-corrected chi connectivity index (χ0v) is 16.0. The molecule has 25 heavy (non-hydrogen) atoms. The van der Waals surface area contributed by atoms with E-state index in [9.17, 15) is 9.59 Å². The molecule has 2 N–H and O–H groups in total. The fraction of sp³-hybridized carbons (Fsp3) is 0.263. The Morgan fingerprint density at radius 2 is 1.28 bits per heavy atom. The lowest BCUT2D eigenvalue weighted by molar-refractivity contribution is 0.0846. The van der Waals surface area contributed by atoms with Crippen molar-refractivity contribution >= 4 is 27.7 Å². The van der Waals surface area contributed by atoms with E-state index in [1.165, 1.54) is 0 Å². The van der Waals surface area contributed by atoms with Gasteiger partial charge in [0.1, 0.15) is 0 Å². The van der Waals surface area contributed by atoms with Crippen LogP contribution in [0, 0.1) is 0 Å². The molecule has 0 aromatic heterocycles. The van der Waals surface area contributed by atoms with Crippen LogP contribution >= 0.6 is 15.9 Å². The van der Waals surface area contributed by atoms with Gasteiger partial charge in [-0.2, -0.15) is 0 Å². The van der Waals surface area contributed by atoms with Gasteiger partial charge in [0.05, 0.1) is 0 Å². The van der Waals surface area contributed by atoms with Crippen LogP contribution in [-0.4, -0.2) is 29.8 Å². The second-order valence-electron chi connectivity index (χ2n) is 5.57. The van der Waals surface area contributed by atoms with E-state index >= 15 is 0 Å². The van der Waals surface area contributed by atoms with Crippen LogP contribution < -0.4 is 10.9 Å². The number of amides is 2. The van der Waals surface area contributed by atoms with Gasteiger partial charge < -0.3 is 0 Å². The minimum Gasteiger partial charge on any atom is -0.300 e. The van der Waals surface area contributed by atoms with Gasteiger partial charge in [-0.1, -0.05) is 41.9 Å². The largest absolute Gasteiger partial charge is 0.300 e. The molecule has 0 saturated heterocycles. The van der Waals surface area contributed by atoms with Gasteiger partial charge in [-0.25, -0.2) is 0 Å². The molecule has 0 spiro atoms. The molecule has 0 fully saturated rings. The first-order valence-electron chi connectivity index (χ1n) is 8.21. The summed E-state index contributed by atoms with van der Waals surface area (Å²) in [5.41, 5.74) is 6.98. The second-order valence-corrected chi connectivity index (χ2v) is 6.49. The maximum atomic E-state index is 12.1. The van der Waals surface area contributed by atoms with Crippen LogP contribution in [0.1, 0.15) is 40.1 Å². The molecule has 6 heteroatoms. The molecule has 0 unspecified atom stereocenters. The SMILES string of the molecule is CCN(CC)Cc1ccc(C(=O)NNC(=O)c2ccc(Br)cc2)cc1. The molecule has 2 amide bonds. The van der Waals surface area contributed by atoms with Gasteiger partial charge in [-0.15, -0.1) is 0 Å². The van der Waals surface area contributed by atoms with Crippen molar-refractivity contribution in [1.82, 2.24) is 15.8 Å². The normalized spacial score (nSPS) is 10.6. The molecule has 0 aliphatic rings. The minimum atomic E-state index is -0.362. The van der Waals surface area contributed by atoms with Crippen molar-refractivity contribution in [2.45, 2.75) is 20.4 Å². The van der Waals surface area contributed by atoms with Crippen molar-refractivity contribution in [3.05, 3.63) is 69.7 Å². The van der Waals surface area contributed by atoms with Crippen LogP contribution in [0.3, 0.4) is 0 Å². The second kappa shape index (κ2) is 9.34. The zero-order valence-electron chi connectivity index (χ0n) is 14.4. The van der Waals surface area contributed by atoms with E-state index in [1.54, 1.807) is 36.4 Å². The van der Waals surface area contributed by atoms with Crippen LogP contribution in [0.25, 0.3) is 0 Å². The molecular weight excluding hydrogens is 382 g/mol. The Balaban J connectivity index is 1.90. The predicted molar refractivity (Wildman–Crippen MR) is 102 cm³/mol. The maximum absolute atomic E-state index is 12.1. The van der Waals surface area contributed by atoms with E-state index in [2.05, 4.69) is 45.5 Å². The van der Waals surface area contributed by atoms with Gasteiger partial charge in [0, 0.05) is 22.1 Å². The highest BCUT2D eigenvalue weighted by Gasteiger charge is 2.09. The summed E-state index contributed by atoms with van der Waals surface area (Å²) in [4.78, 5) is 26.4. The topological polar surface area (TPSA) is 61.4 Å². The quantitative estimate of drug-likeness (QED) is 0.726. The van der Waals surface area contributed by atoms with E-state index in [1.807, 2.05) is 12.1 Å². The first-order valence-corrected chi connectivity index (χ1v) is 9.00. The van der Waals surface area contributed by atoms with Gasteiger partial charge >= 0.3 is 0 Å². The van der Waals surface area contributed by atoms with E-state index in [0.717, 1.165) is 29.7 Å². The third-order valence-electron chi connectivity index (χ3n) is 3.91. The van der Waals surface area contributed by atoms with Crippen molar-refractivity contribution < 1.29 is 9.59 Å². The average molecular weight is 404 g/mol. The third kappa shape index (κ3) is 5.69. The Labute approximate surface area is 156 Å². The molecule has 2 rings (SSSR count). The van der Waals surface area contributed by atoms with Gasteiger partial charge in [0.2, 0.25) is 0 Å². The Kier molecular flexibility index (Phi) is 7.16. The summed E-state index contributed by atoms with van der Waals surface area (Å²) in [6.07, 6.45) is 0. The number of carbonyl (C=O) groups is 2. The van der Waals surface area contributed by atoms with Crippen LogP contribution in [0.15, 0.2) is 53.0 Å². The molecule has 0 radical (unpaired) electrons. The fourth-order valence-corrected chi connectivity index (χ4v) is 2.59. The number of hydrogen-bond donors (Lipinski definition) is 2. The van der Waals surface area contributed by atoms with Crippen molar-refractivity contribution in [2.75, 3.05) is 13.1 Å². The molecule has 0 aliphatic heterocycles. The lowest BCUT2D eigenvalue weighted by Crippen LogP contribution is -2.41. The number of hydrazine groups is 1. The Bertz CT molecular complexity index is 710. The summed E-state index contributed by atoms with van der Waals surface area (Å²) in [5, 5.41) is 0. The highest BCUT2D eigenvalue weighted by molar-refractivity contribution is 9.10. The number of nitrogens with one attached hydrogen (secondary N) is 2. The van der Waals surface area contributed by atoms with Crippen LogP contribution in [0.5, 0.6) is 0 Å². The molecule has 2 aromatic carbocycles. The van der Waals surface area contributed by atoms with Crippen molar-refractivity contribution in [3.63, 3.8) is 0 Å². The van der Waals surface area contributed by atoms with Crippen molar-refractivity contribution in [3.8, 4) is 0 Å². The third-order valence-corrected chi connectivity index (χ3v) is 4.44. The van der Waals surface area contributed by atoms with Crippen LogP contribution in [0.2, 0.25) is 0 Å². The molecule has 5 nitrogen and oxygen atoms in total. The smallest absolute Gasteiger partial charge is 0.269 e. The number of benzene rings is 2. The molecule has 132 valence electrons. The zero-order chi connectivity index (χ0) is 18.2. The summed E-state index contributed by atoms with van der Waals surface area (Å²) < 4.78 is 0.887.